The van der Waals surface area contributed by atoms with Crippen LogP contribution in [-0.4, -0.2) is 56.6 Å². The number of nitrogens with one attached hydrogen (secondary N) is 1. The summed E-state index contributed by atoms with van der Waals surface area (Å²) in [7, 11) is 1.76. The minimum absolute atomic E-state index is 0.142. The van der Waals surface area contributed by atoms with Gasteiger partial charge in [-0.1, -0.05) is 12.1 Å². The van der Waals surface area contributed by atoms with Crippen molar-refractivity contribution in [2.75, 3.05) is 44.7 Å². The van der Waals surface area contributed by atoms with Crippen molar-refractivity contribution < 1.29 is 13.9 Å². The van der Waals surface area contributed by atoms with E-state index in [2.05, 4.69) is 20.1 Å². The largest absolute Gasteiger partial charge is 0.484 e. The number of nitrogens with two attached hydrogens (primary N) is 1. The monoisotopic (exact) mass is 399 g/mol. The maximum Gasteiger partial charge on any atom is 0.255 e. The van der Waals surface area contributed by atoms with E-state index in [1.54, 1.807) is 13.1 Å². The first-order valence-corrected chi connectivity index (χ1v) is 9.51. The Bertz CT molecular complexity index is 848. The van der Waals surface area contributed by atoms with Crippen molar-refractivity contribution >= 4 is 17.6 Å². The molecule has 0 spiro atoms. The average Bonchev–Trinajstić information content (AvgIpc) is 2.74. The van der Waals surface area contributed by atoms with E-state index in [4.69, 9.17) is 10.5 Å². The first kappa shape index (κ1) is 20.4. The van der Waals surface area contributed by atoms with E-state index < -0.39 is 5.91 Å². The molecule has 7 nitrogen and oxygen atoms in total. The van der Waals surface area contributed by atoms with Crippen LogP contribution in [0, 0.1) is 5.82 Å². The number of aliphatic imine (C=N–C) groups is 1. The number of hydrogen-bond acceptors (Lipinski definition) is 4. The van der Waals surface area contributed by atoms with E-state index in [1.165, 1.54) is 12.1 Å². The fourth-order valence-corrected chi connectivity index (χ4v) is 3.24. The Morgan fingerprint density at radius 2 is 1.90 bits per heavy atom. The summed E-state index contributed by atoms with van der Waals surface area (Å²) in [4.78, 5) is 19.7. The predicted molar refractivity (Wildman–Crippen MR) is 112 cm³/mol. The van der Waals surface area contributed by atoms with Gasteiger partial charge in [-0.15, -0.1) is 0 Å². The van der Waals surface area contributed by atoms with E-state index in [0.717, 1.165) is 43.4 Å². The third kappa shape index (κ3) is 5.84. The second kappa shape index (κ2) is 9.77. The quantitative estimate of drug-likeness (QED) is 0.569. The highest BCUT2D eigenvalue weighted by Gasteiger charge is 2.19. The van der Waals surface area contributed by atoms with Crippen molar-refractivity contribution in [2.24, 2.45) is 10.7 Å². The van der Waals surface area contributed by atoms with Crippen molar-refractivity contribution in [2.45, 2.75) is 6.54 Å². The zero-order valence-electron chi connectivity index (χ0n) is 16.5. The number of benzene rings is 2. The van der Waals surface area contributed by atoms with Crippen LogP contribution in [0.15, 0.2) is 53.5 Å². The number of carbonyl (C=O) groups is 1. The van der Waals surface area contributed by atoms with Crippen LogP contribution in [0.3, 0.4) is 0 Å². The summed E-state index contributed by atoms with van der Waals surface area (Å²) in [5, 5.41) is 3.37. The number of rotatable bonds is 6. The minimum atomic E-state index is -0.506. The molecule has 1 heterocycles. The molecule has 0 aromatic heterocycles. The molecular weight excluding hydrogens is 373 g/mol. The minimum Gasteiger partial charge on any atom is -0.484 e. The lowest BCUT2D eigenvalue weighted by Gasteiger charge is -2.37. The molecule has 1 aliphatic rings. The number of piperazine rings is 1. The van der Waals surface area contributed by atoms with Crippen LogP contribution in [0.25, 0.3) is 0 Å². The Morgan fingerprint density at radius 1 is 1.17 bits per heavy atom. The van der Waals surface area contributed by atoms with E-state index in [0.29, 0.717) is 12.3 Å². The Balaban J connectivity index is 1.51. The van der Waals surface area contributed by atoms with E-state index in [1.807, 2.05) is 30.3 Å². The molecule has 1 aliphatic heterocycles. The Labute approximate surface area is 170 Å². The van der Waals surface area contributed by atoms with Crippen LogP contribution in [0.1, 0.15) is 5.56 Å². The number of amides is 1. The van der Waals surface area contributed by atoms with E-state index in [9.17, 15) is 9.18 Å². The highest BCUT2D eigenvalue weighted by Crippen LogP contribution is 2.17. The normalized spacial score (nSPS) is 14.6. The van der Waals surface area contributed by atoms with Crippen molar-refractivity contribution in [1.82, 2.24) is 10.2 Å². The van der Waals surface area contributed by atoms with Gasteiger partial charge in [0.1, 0.15) is 11.6 Å². The van der Waals surface area contributed by atoms with Gasteiger partial charge in [0.15, 0.2) is 12.6 Å². The van der Waals surface area contributed by atoms with Gasteiger partial charge in [0.25, 0.3) is 5.91 Å². The molecule has 3 N–H and O–H groups in total. The number of anilines is 1. The molecule has 0 saturated carbocycles. The number of carbonyl (C=O) groups excluding carboxylic acids is 1. The van der Waals surface area contributed by atoms with Crippen molar-refractivity contribution in [3.8, 4) is 5.75 Å². The summed E-state index contributed by atoms with van der Waals surface area (Å²) in [6.45, 7) is 3.75. The smallest absolute Gasteiger partial charge is 0.255 e. The summed E-state index contributed by atoms with van der Waals surface area (Å²) in [6, 6.07) is 14.1. The summed E-state index contributed by atoms with van der Waals surface area (Å²) in [5.74, 6) is 0.702. The fourth-order valence-electron chi connectivity index (χ4n) is 3.24. The molecule has 1 fully saturated rings. The highest BCUT2D eigenvalue weighted by atomic mass is 19.1. The first-order valence-electron chi connectivity index (χ1n) is 9.51. The SMILES string of the molecule is CN=C(NCc1cccc(OCC(N)=O)c1)N1CCN(c2ccc(F)cc2)CC1. The molecule has 0 radical (unpaired) electrons. The van der Waals surface area contributed by atoms with Gasteiger partial charge in [-0.25, -0.2) is 4.39 Å². The van der Waals surface area contributed by atoms with Gasteiger partial charge in [0.05, 0.1) is 0 Å². The summed E-state index contributed by atoms with van der Waals surface area (Å²) >= 11 is 0. The van der Waals surface area contributed by atoms with Crippen LogP contribution >= 0.6 is 0 Å². The van der Waals surface area contributed by atoms with Crippen molar-refractivity contribution in [3.05, 3.63) is 59.9 Å². The number of primary amides is 1. The summed E-state index contributed by atoms with van der Waals surface area (Å²) in [5.41, 5.74) is 7.15. The molecule has 1 amide bonds. The van der Waals surface area contributed by atoms with Crippen LogP contribution in [0.5, 0.6) is 5.75 Å². The number of halogens is 1. The molecule has 0 bridgehead atoms. The van der Waals surface area contributed by atoms with Gasteiger partial charge < -0.3 is 25.6 Å². The topological polar surface area (TPSA) is 83.2 Å². The Hall–Kier alpha value is -3.29. The van der Waals surface area contributed by atoms with Gasteiger partial charge in [-0.3, -0.25) is 9.79 Å². The second-order valence-corrected chi connectivity index (χ2v) is 6.75. The molecule has 154 valence electrons. The standard InChI is InChI=1S/C21H26FN5O2/c1-24-21(25-14-16-3-2-4-19(13-16)29-15-20(23)28)27-11-9-26(10-12-27)18-7-5-17(22)6-8-18/h2-8,13H,9-12,14-15H2,1H3,(H2,23,28)(H,24,25). The molecule has 2 aromatic carbocycles. The predicted octanol–water partition coefficient (Wildman–Crippen LogP) is 1.59. The first-order chi connectivity index (χ1) is 14.0. The number of hydrogen-bond donors (Lipinski definition) is 2. The van der Waals surface area contributed by atoms with Crippen LogP contribution in [0.2, 0.25) is 0 Å². The molecule has 0 atom stereocenters. The van der Waals surface area contributed by atoms with E-state index in [-0.39, 0.29) is 12.4 Å². The van der Waals surface area contributed by atoms with Crippen LogP contribution in [-0.2, 0) is 11.3 Å². The third-order valence-electron chi connectivity index (χ3n) is 4.71. The molecular formula is C21H26FN5O2. The van der Waals surface area contributed by atoms with Crippen LogP contribution < -0.4 is 20.7 Å². The molecule has 2 aromatic rings. The van der Waals surface area contributed by atoms with Crippen LogP contribution in [0.4, 0.5) is 10.1 Å². The van der Waals surface area contributed by atoms with Gasteiger partial charge in [0.2, 0.25) is 0 Å². The molecule has 1 saturated heterocycles. The maximum absolute atomic E-state index is 13.1. The molecule has 0 aliphatic carbocycles. The van der Waals surface area contributed by atoms with Gasteiger partial charge in [0, 0.05) is 45.5 Å². The van der Waals surface area contributed by atoms with E-state index >= 15 is 0 Å². The zero-order valence-corrected chi connectivity index (χ0v) is 16.5. The average molecular weight is 399 g/mol. The summed E-state index contributed by atoms with van der Waals surface area (Å²) < 4.78 is 18.5. The molecule has 0 unspecified atom stereocenters. The lowest BCUT2D eigenvalue weighted by Crippen LogP contribution is -2.52. The second-order valence-electron chi connectivity index (χ2n) is 6.75. The molecule has 3 rings (SSSR count). The molecule has 8 heteroatoms. The lowest BCUT2D eigenvalue weighted by molar-refractivity contribution is -0.119. The highest BCUT2D eigenvalue weighted by molar-refractivity contribution is 5.80. The lowest BCUT2D eigenvalue weighted by atomic mass is 10.2. The fraction of sp³-hybridized carbons (Fsp3) is 0.333. The van der Waals surface area contributed by atoms with Gasteiger partial charge in [-0.2, -0.15) is 0 Å². The third-order valence-corrected chi connectivity index (χ3v) is 4.71. The van der Waals surface area contributed by atoms with Crippen molar-refractivity contribution in [3.63, 3.8) is 0 Å². The number of ether oxygens (including phenoxy) is 1. The Kier molecular flexibility index (Phi) is 6.89. The molecule has 29 heavy (non-hydrogen) atoms. The number of guanidine groups is 1. The number of nitrogens with zero attached hydrogens (tertiary/aromatic N) is 3. The van der Waals surface area contributed by atoms with Gasteiger partial charge in [-0.05, 0) is 42.0 Å². The van der Waals surface area contributed by atoms with Gasteiger partial charge >= 0.3 is 0 Å². The maximum atomic E-state index is 13.1. The Morgan fingerprint density at radius 3 is 2.55 bits per heavy atom. The summed E-state index contributed by atoms with van der Waals surface area (Å²) in [6.07, 6.45) is 0. The van der Waals surface area contributed by atoms with Crippen molar-refractivity contribution in [1.29, 1.82) is 0 Å². The zero-order chi connectivity index (χ0) is 20.6.